The van der Waals surface area contributed by atoms with Crippen molar-refractivity contribution in [1.29, 1.82) is 0 Å². The molecule has 1 atom stereocenters. The Morgan fingerprint density at radius 1 is 1.35 bits per heavy atom. The lowest BCUT2D eigenvalue weighted by Gasteiger charge is -2.34. The van der Waals surface area contributed by atoms with Gasteiger partial charge in [-0.1, -0.05) is 5.16 Å². The Labute approximate surface area is 156 Å². The molecule has 26 heavy (non-hydrogen) atoms. The summed E-state index contributed by atoms with van der Waals surface area (Å²) in [4.78, 5) is 22.3. The predicted molar refractivity (Wildman–Crippen MR) is 103 cm³/mol. The first-order valence-electron chi connectivity index (χ1n) is 8.82. The number of amides is 1. The molecule has 0 aliphatic carbocycles. The molecule has 3 aromatic rings. The Balaban J connectivity index is 1.88. The van der Waals surface area contributed by atoms with Crippen LogP contribution in [0.4, 0.5) is 0 Å². The third kappa shape index (κ3) is 2.81. The van der Waals surface area contributed by atoms with Crippen LogP contribution in [-0.2, 0) is 0 Å². The summed E-state index contributed by atoms with van der Waals surface area (Å²) in [5.41, 5.74) is 3.56. The number of aromatic nitrogens is 2. The van der Waals surface area contributed by atoms with Gasteiger partial charge in [0, 0.05) is 41.0 Å². The highest BCUT2D eigenvalue weighted by molar-refractivity contribution is 7.12. The molecule has 1 aliphatic heterocycles. The fraction of sp³-hybridized carbons (Fsp3) is 0.421. The molecular weight excluding hydrogens is 348 g/mol. The molecule has 1 aliphatic rings. The monoisotopic (exact) mass is 370 g/mol. The van der Waals surface area contributed by atoms with E-state index in [9.17, 15) is 4.79 Å². The third-order valence-corrected chi connectivity index (χ3v) is 5.89. The van der Waals surface area contributed by atoms with Gasteiger partial charge < -0.3 is 14.7 Å². The van der Waals surface area contributed by atoms with Crippen LogP contribution in [0.15, 0.2) is 16.7 Å². The molecular formula is C19H22N4O2S. The molecule has 1 saturated heterocycles. The number of rotatable bonds is 2. The van der Waals surface area contributed by atoms with Crippen molar-refractivity contribution in [3.05, 3.63) is 33.1 Å². The summed E-state index contributed by atoms with van der Waals surface area (Å²) >= 11 is 1.73. The quantitative estimate of drug-likeness (QED) is 0.749. The molecule has 4 rings (SSSR count). The van der Waals surface area contributed by atoms with E-state index < -0.39 is 0 Å². The Kier molecular flexibility index (Phi) is 4.28. The van der Waals surface area contributed by atoms with Gasteiger partial charge in [-0.05, 0) is 39.8 Å². The van der Waals surface area contributed by atoms with E-state index in [0.29, 0.717) is 28.9 Å². The van der Waals surface area contributed by atoms with E-state index in [2.05, 4.69) is 42.3 Å². The summed E-state index contributed by atoms with van der Waals surface area (Å²) in [6, 6.07) is 4.16. The second kappa shape index (κ2) is 6.48. The second-order valence-electron chi connectivity index (χ2n) is 6.88. The number of carbonyl (C=O) groups is 1. The Morgan fingerprint density at radius 3 is 2.85 bits per heavy atom. The molecule has 7 heteroatoms. The minimum absolute atomic E-state index is 0.0172. The topological polar surface area (TPSA) is 71.3 Å². The average Bonchev–Trinajstić information content (AvgIpc) is 3.16. The van der Waals surface area contributed by atoms with E-state index in [0.717, 1.165) is 24.3 Å². The molecule has 0 radical (unpaired) electrons. The number of fused-ring (bicyclic) bond motifs is 1. The van der Waals surface area contributed by atoms with E-state index >= 15 is 0 Å². The lowest BCUT2D eigenvalue weighted by atomic mass is 10.0. The van der Waals surface area contributed by atoms with E-state index in [1.54, 1.807) is 11.3 Å². The van der Waals surface area contributed by atoms with Crippen molar-refractivity contribution in [2.75, 3.05) is 19.6 Å². The van der Waals surface area contributed by atoms with Gasteiger partial charge in [-0.25, -0.2) is 4.98 Å². The predicted octanol–water partition coefficient (Wildman–Crippen LogP) is 3.31. The normalized spacial score (nSPS) is 17.8. The lowest BCUT2D eigenvalue weighted by molar-refractivity contribution is 0.0657. The van der Waals surface area contributed by atoms with Gasteiger partial charge in [0.2, 0.25) is 0 Å². The van der Waals surface area contributed by atoms with Gasteiger partial charge in [0.1, 0.15) is 0 Å². The van der Waals surface area contributed by atoms with E-state index in [1.165, 1.54) is 9.75 Å². The van der Waals surface area contributed by atoms with Gasteiger partial charge in [0.25, 0.3) is 11.6 Å². The maximum atomic E-state index is 13.4. The number of hydrogen-bond donors (Lipinski definition) is 1. The zero-order valence-electron chi connectivity index (χ0n) is 15.4. The summed E-state index contributed by atoms with van der Waals surface area (Å²) < 4.78 is 5.42. The molecule has 0 spiro atoms. The van der Waals surface area contributed by atoms with Crippen LogP contribution in [0.5, 0.6) is 0 Å². The van der Waals surface area contributed by atoms with Gasteiger partial charge in [0.05, 0.1) is 22.3 Å². The number of pyridine rings is 1. The molecule has 1 amide bonds. The van der Waals surface area contributed by atoms with Crippen LogP contribution in [0, 0.1) is 20.8 Å². The Bertz CT molecular complexity index is 991. The first-order chi connectivity index (χ1) is 12.5. The van der Waals surface area contributed by atoms with Crippen LogP contribution >= 0.6 is 11.3 Å². The van der Waals surface area contributed by atoms with Crippen molar-refractivity contribution in [3.8, 4) is 11.3 Å². The second-order valence-corrected chi connectivity index (χ2v) is 8.34. The van der Waals surface area contributed by atoms with E-state index in [1.807, 2.05) is 17.9 Å². The molecule has 0 aromatic carbocycles. The SMILES string of the molecule is Cc1cc(-c2cc(C(=O)N3CCNCC3C)c3c(C)noc3n2)c(C)s1. The number of nitrogens with one attached hydrogen (secondary N) is 1. The number of nitrogens with zero attached hydrogens (tertiary/aromatic N) is 3. The standard InChI is InChI=1S/C19H22N4O2S/c1-10-9-20-5-6-23(10)19(24)15-8-16(14-7-11(2)26-13(14)4)21-18-17(15)12(3)22-25-18/h7-8,10,20H,5-6,9H2,1-4H3. The molecule has 136 valence electrons. The summed E-state index contributed by atoms with van der Waals surface area (Å²) in [7, 11) is 0. The highest BCUT2D eigenvalue weighted by atomic mass is 32.1. The number of piperazine rings is 1. The first kappa shape index (κ1) is 17.2. The Morgan fingerprint density at radius 2 is 2.15 bits per heavy atom. The van der Waals surface area contributed by atoms with Gasteiger partial charge in [-0.15, -0.1) is 11.3 Å². The summed E-state index contributed by atoms with van der Waals surface area (Å²) in [5, 5.41) is 8.09. The fourth-order valence-corrected chi connectivity index (χ4v) is 4.52. The smallest absolute Gasteiger partial charge is 0.259 e. The largest absolute Gasteiger partial charge is 0.335 e. The number of carbonyl (C=O) groups excluding carboxylic acids is 1. The van der Waals surface area contributed by atoms with Crippen molar-refractivity contribution < 1.29 is 9.32 Å². The van der Waals surface area contributed by atoms with Crippen molar-refractivity contribution in [1.82, 2.24) is 20.4 Å². The van der Waals surface area contributed by atoms with Crippen LogP contribution in [0.1, 0.15) is 32.7 Å². The Hall–Kier alpha value is -2.25. The van der Waals surface area contributed by atoms with Crippen molar-refractivity contribution in [2.24, 2.45) is 0 Å². The molecule has 1 fully saturated rings. The lowest BCUT2D eigenvalue weighted by Crippen LogP contribution is -2.52. The highest BCUT2D eigenvalue weighted by Gasteiger charge is 2.28. The van der Waals surface area contributed by atoms with Crippen LogP contribution in [0.3, 0.4) is 0 Å². The first-order valence-corrected chi connectivity index (χ1v) is 9.63. The van der Waals surface area contributed by atoms with E-state index in [4.69, 9.17) is 4.52 Å². The molecule has 1 N–H and O–H groups in total. The molecule has 1 unspecified atom stereocenters. The van der Waals surface area contributed by atoms with Crippen molar-refractivity contribution in [2.45, 2.75) is 33.7 Å². The zero-order valence-corrected chi connectivity index (χ0v) is 16.2. The fourth-order valence-electron chi connectivity index (χ4n) is 3.58. The van der Waals surface area contributed by atoms with Gasteiger partial charge in [-0.2, -0.15) is 0 Å². The number of aryl methyl sites for hydroxylation is 3. The van der Waals surface area contributed by atoms with Crippen LogP contribution in [-0.4, -0.2) is 46.6 Å². The third-order valence-electron chi connectivity index (χ3n) is 4.93. The molecule has 6 nitrogen and oxygen atoms in total. The minimum atomic E-state index is 0.0172. The molecule has 0 saturated carbocycles. The van der Waals surface area contributed by atoms with Gasteiger partial charge in [0.15, 0.2) is 0 Å². The summed E-state index contributed by atoms with van der Waals surface area (Å²) in [5.74, 6) is 0.0172. The molecule has 3 aromatic heterocycles. The summed E-state index contributed by atoms with van der Waals surface area (Å²) in [6.07, 6.45) is 0. The van der Waals surface area contributed by atoms with Crippen LogP contribution in [0.25, 0.3) is 22.4 Å². The minimum Gasteiger partial charge on any atom is -0.335 e. The average molecular weight is 370 g/mol. The van der Waals surface area contributed by atoms with E-state index in [-0.39, 0.29) is 11.9 Å². The van der Waals surface area contributed by atoms with Crippen molar-refractivity contribution in [3.63, 3.8) is 0 Å². The van der Waals surface area contributed by atoms with Crippen LogP contribution < -0.4 is 5.32 Å². The van der Waals surface area contributed by atoms with Crippen molar-refractivity contribution >= 4 is 28.3 Å². The zero-order chi connectivity index (χ0) is 18.4. The maximum absolute atomic E-state index is 13.4. The molecule has 0 bridgehead atoms. The van der Waals surface area contributed by atoms with Gasteiger partial charge in [-0.3, -0.25) is 4.79 Å². The number of thiophene rings is 1. The highest BCUT2D eigenvalue weighted by Crippen LogP contribution is 2.33. The van der Waals surface area contributed by atoms with Crippen LogP contribution in [0.2, 0.25) is 0 Å². The number of hydrogen-bond acceptors (Lipinski definition) is 6. The summed E-state index contributed by atoms with van der Waals surface area (Å²) in [6.45, 7) is 10.4. The molecule has 4 heterocycles. The van der Waals surface area contributed by atoms with Gasteiger partial charge >= 0.3 is 0 Å². The maximum Gasteiger partial charge on any atom is 0.259 e.